The van der Waals surface area contributed by atoms with E-state index < -0.39 is 5.82 Å². The molecule has 0 fully saturated rings. The molecule has 0 spiro atoms. The van der Waals surface area contributed by atoms with Gasteiger partial charge in [0.1, 0.15) is 11.5 Å². The van der Waals surface area contributed by atoms with E-state index in [9.17, 15) is 4.39 Å². The smallest absolute Gasteiger partial charge is 0.183 e. The minimum Gasteiger partial charge on any atom is -0.271 e. The molecule has 0 aliphatic heterocycles. The molecular formula is C9H7BrFN3S. The lowest BCUT2D eigenvalue weighted by molar-refractivity contribution is 0.629. The molecule has 0 heterocycles. The van der Waals surface area contributed by atoms with Crippen molar-refractivity contribution in [2.45, 2.75) is 0 Å². The molecule has 3 nitrogen and oxygen atoms in total. The number of rotatable bonds is 1. The number of aliphatic imine (C=N–C) groups is 1. The van der Waals surface area contributed by atoms with Crippen molar-refractivity contribution < 1.29 is 4.39 Å². The third-order valence-corrected chi connectivity index (χ3v) is 2.73. The van der Waals surface area contributed by atoms with Gasteiger partial charge in [0.25, 0.3) is 0 Å². The first-order valence-corrected chi connectivity index (χ1v) is 5.92. The van der Waals surface area contributed by atoms with Crippen molar-refractivity contribution in [3.05, 3.63) is 28.5 Å². The molecular weight excluding hydrogens is 281 g/mol. The van der Waals surface area contributed by atoms with Gasteiger partial charge in [-0.15, -0.1) is 0 Å². The van der Waals surface area contributed by atoms with Crippen LogP contribution < -0.4 is 5.32 Å². The average molecular weight is 288 g/mol. The molecule has 1 rings (SSSR count). The van der Waals surface area contributed by atoms with E-state index in [1.54, 1.807) is 24.6 Å². The molecule has 0 saturated carbocycles. The molecule has 0 aliphatic rings. The van der Waals surface area contributed by atoms with E-state index in [0.29, 0.717) is 9.64 Å². The maximum absolute atomic E-state index is 13.3. The highest BCUT2D eigenvalue weighted by Crippen LogP contribution is 2.28. The molecule has 0 aromatic heterocycles. The van der Waals surface area contributed by atoms with E-state index in [2.05, 4.69) is 26.2 Å². The third kappa shape index (κ3) is 3.22. The Morgan fingerprint density at radius 1 is 1.67 bits per heavy atom. The van der Waals surface area contributed by atoms with Crippen molar-refractivity contribution >= 4 is 38.5 Å². The van der Waals surface area contributed by atoms with Crippen LogP contribution in [0, 0.1) is 17.3 Å². The molecule has 0 unspecified atom stereocenters. The predicted octanol–water partition coefficient (Wildman–Crippen LogP) is 3.01. The van der Waals surface area contributed by atoms with Crippen LogP contribution in [0.2, 0.25) is 0 Å². The van der Waals surface area contributed by atoms with Gasteiger partial charge >= 0.3 is 0 Å². The molecule has 0 atom stereocenters. The van der Waals surface area contributed by atoms with Gasteiger partial charge in [-0.05, 0) is 34.3 Å². The topological polar surface area (TPSA) is 48.2 Å². The van der Waals surface area contributed by atoms with Gasteiger partial charge in [-0.3, -0.25) is 5.32 Å². The Morgan fingerprint density at radius 2 is 2.40 bits per heavy atom. The first-order chi connectivity index (χ1) is 7.19. The normalized spacial score (nSPS) is 10.9. The Morgan fingerprint density at radius 3 is 2.93 bits per heavy atom. The first-order valence-electron chi connectivity index (χ1n) is 3.91. The van der Waals surface area contributed by atoms with Gasteiger partial charge in [-0.1, -0.05) is 17.8 Å². The SMILES string of the molecule is CSC(=Nc1c(F)cccc1Br)NC#N. The summed E-state index contributed by atoms with van der Waals surface area (Å²) in [5.74, 6) is -0.435. The molecule has 0 amide bonds. The lowest BCUT2D eigenvalue weighted by Crippen LogP contribution is -2.12. The minimum absolute atomic E-state index is 0.185. The number of benzene rings is 1. The molecule has 0 aliphatic carbocycles. The second-order valence-corrected chi connectivity index (χ2v) is 4.08. The van der Waals surface area contributed by atoms with E-state index in [4.69, 9.17) is 5.26 Å². The summed E-state index contributed by atoms with van der Waals surface area (Å²) in [5.41, 5.74) is 0.185. The summed E-state index contributed by atoms with van der Waals surface area (Å²) in [7, 11) is 0. The van der Waals surface area contributed by atoms with Gasteiger partial charge < -0.3 is 0 Å². The van der Waals surface area contributed by atoms with Crippen LogP contribution >= 0.6 is 27.7 Å². The van der Waals surface area contributed by atoms with Crippen LogP contribution in [0.1, 0.15) is 0 Å². The zero-order valence-electron chi connectivity index (χ0n) is 7.79. The quantitative estimate of drug-likeness (QED) is 0.374. The highest BCUT2D eigenvalue weighted by atomic mass is 79.9. The maximum atomic E-state index is 13.3. The van der Waals surface area contributed by atoms with Crippen molar-refractivity contribution in [3.63, 3.8) is 0 Å². The van der Waals surface area contributed by atoms with Gasteiger partial charge in [0.2, 0.25) is 0 Å². The summed E-state index contributed by atoms with van der Waals surface area (Å²) < 4.78 is 13.9. The van der Waals surface area contributed by atoms with Crippen LogP contribution in [-0.2, 0) is 0 Å². The molecule has 1 N–H and O–H groups in total. The summed E-state index contributed by atoms with van der Waals surface area (Å²) >= 11 is 4.42. The van der Waals surface area contributed by atoms with Crippen LogP contribution in [0.5, 0.6) is 0 Å². The summed E-state index contributed by atoms with van der Waals surface area (Å²) in [4.78, 5) is 3.99. The Hall–Kier alpha value is -1.06. The van der Waals surface area contributed by atoms with Gasteiger partial charge in [0.15, 0.2) is 11.4 Å². The van der Waals surface area contributed by atoms with Crippen molar-refractivity contribution in [1.82, 2.24) is 5.32 Å². The molecule has 6 heteroatoms. The molecule has 0 radical (unpaired) electrons. The fourth-order valence-electron chi connectivity index (χ4n) is 0.870. The lowest BCUT2D eigenvalue weighted by Gasteiger charge is -2.02. The summed E-state index contributed by atoms with van der Waals surface area (Å²) in [6.07, 6.45) is 3.49. The number of nitrogens with one attached hydrogen (secondary N) is 1. The number of nitriles is 1. The number of hydrogen-bond donors (Lipinski definition) is 1. The molecule has 1 aromatic rings. The minimum atomic E-state index is -0.435. The number of para-hydroxylation sites is 1. The fraction of sp³-hybridized carbons (Fsp3) is 0.111. The first kappa shape index (κ1) is 12.0. The van der Waals surface area contributed by atoms with E-state index in [1.165, 1.54) is 17.8 Å². The predicted molar refractivity (Wildman–Crippen MR) is 63.5 cm³/mol. The van der Waals surface area contributed by atoms with Crippen molar-refractivity contribution in [2.75, 3.05) is 6.26 Å². The van der Waals surface area contributed by atoms with E-state index in [0.717, 1.165) is 0 Å². The second-order valence-electron chi connectivity index (χ2n) is 2.43. The van der Waals surface area contributed by atoms with Crippen LogP contribution in [0.25, 0.3) is 0 Å². The monoisotopic (exact) mass is 287 g/mol. The summed E-state index contributed by atoms with van der Waals surface area (Å²) in [6.45, 7) is 0. The Kier molecular flexibility index (Phi) is 4.59. The largest absolute Gasteiger partial charge is 0.271 e. The van der Waals surface area contributed by atoms with Gasteiger partial charge in [-0.25, -0.2) is 9.38 Å². The van der Waals surface area contributed by atoms with Crippen LogP contribution in [0.3, 0.4) is 0 Å². The number of amidine groups is 1. The lowest BCUT2D eigenvalue weighted by atomic mass is 10.3. The van der Waals surface area contributed by atoms with E-state index >= 15 is 0 Å². The van der Waals surface area contributed by atoms with Crippen LogP contribution in [0.4, 0.5) is 10.1 Å². The number of halogens is 2. The fourth-order valence-corrected chi connectivity index (χ4v) is 1.63. The van der Waals surface area contributed by atoms with Crippen LogP contribution in [-0.4, -0.2) is 11.4 Å². The molecule has 0 saturated heterocycles. The van der Waals surface area contributed by atoms with E-state index in [1.807, 2.05) is 0 Å². The summed E-state index contributed by atoms with van der Waals surface area (Å²) in [6, 6.07) is 4.58. The van der Waals surface area contributed by atoms with E-state index in [-0.39, 0.29) is 5.69 Å². The molecule has 1 aromatic carbocycles. The number of nitrogens with zero attached hydrogens (tertiary/aromatic N) is 2. The standard InChI is InChI=1S/C9H7BrFN3S/c1-15-9(13-5-12)14-8-6(10)3-2-4-7(8)11/h2-4H,1H3,(H,13,14). The highest BCUT2D eigenvalue weighted by molar-refractivity contribution is 9.10. The Labute approximate surface area is 99.5 Å². The Balaban J connectivity index is 3.11. The maximum Gasteiger partial charge on any atom is 0.183 e. The molecule has 15 heavy (non-hydrogen) atoms. The zero-order chi connectivity index (χ0) is 11.3. The van der Waals surface area contributed by atoms with Crippen molar-refractivity contribution in [1.29, 1.82) is 5.26 Å². The highest BCUT2D eigenvalue weighted by Gasteiger charge is 2.06. The van der Waals surface area contributed by atoms with Crippen molar-refractivity contribution in [3.8, 4) is 6.19 Å². The Bertz CT molecular complexity index is 408. The second kappa shape index (κ2) is 5.73. The summed E-state index contributed by atoms with van der Waals surface area (Å²) in [5, 5.41) is 11.1. The molecule has 78 valence electrons. The number of thioether (sulfide) groups is 1. The van der Waals surface area contributed by atoms with Gasteiger partial charge in [0.05, 0.1) is 0 Å². The van der Waals surface area contributed by atoms with Gasteiger partial charge in [0, 0.05) is 4.47 Å². The number of hydrogen-bond acceptors (Lipinski definition) is 3. The zero-order valence-corrected chi connectivity index (χ0v) is 10.2. The molecule has 0 bridgehead atoms. The van der Waals surface area contributed by atoms with Crippen LogP contribution in [0.15, 0.2) is 27.7 Å². The van der Waals surface area contributed by atoms with Crippen molar-refractivity contribution in [2.24, 2.45) is 4.99 Å². The average Bonchev–Trinajstić information content (AvgIpc) is 2.22. The van der Waals surface area contributed by atoms with Gasteiger partial charge in [-0.2, -0.15) is 5.26 Å². The third-order valence-electron chi connectivity index (χ3n) is 1.51.